The number of rotatable bonds is 6. The molecule has 1 heterocycles. The third-order valence-corrected chi connectivity index (χ3v) is 5.59. The first-order valence-electron chi connectivity index (χ1n) is 10.7. The lowest BCUT2D eigenvalue weighted by Gasteiger charge is -2.15. The molecule has 0 saturated heterocycles. The van der Waals surface area contributed by atoms with Gasteiger partial charge in [-0.1, -0.05) is 50.2 Å². The summed E-state index contributed by atoms with van der Waals surface area (Å²) in [4.78, 5) is 39.6. The summed E-state index contributed by atoms with van der Waals surface area (Å²) in [6.07, 6.45) is 0.718. The lowest BCUT2D eigenvalue weighted by Crippen LogP contribution is -2.29. The first kappa shape index (κ1) is 21.6. The lowest BCUT2D eigenvalue weighted by molar-refractivity contribution is -0.142. The van der Waals surface area contributed by atoms with Crippen LogP contribution in [0.2, 0.25) is 0 Å². The Kier molecular flexibility index (Phi) is 5.70. The Labute approximate surface area is 186 Å². The smallest absolute Gasteiger partial charge is 0.310 e. The van der Waals surface area contributed by atoms with Gasteiger partial charge in [-0.15, -0.1) is 0 Å². The van der Waals surface area contributed by atoms with Crippen LogP contribution in [0.25, 0.3) is 10.8 Å². The van der Waals surface area contributed by atoms with Gasteiger partial charge in [0.15, 0.2) is 0 Å². The second-order valence-electron chi connectivity index (χ2n) is 8.31. The Hall–Kier alpha value is -3.67. The molecule has 0 aliphatic carbocycles. The minimum Gasteiger partial charge on any atom is -0.506 e. The van der Waals surface area contributed by atoms with E-state index in [0.29, 0.717) is 24.1 Å². The molecule has 4 rings (SSSR count). The van der Waals surface area contributed by atoms with Crippen molar-refractivity contribution < 1.29 is 24.2 Å². The van der Waals surface area contributed by atoms with Crippen molar-refractivity contribution in [2.24, 2.45) is 5.92 Å². The number of aromatic hydroxyl groups is 1. The third-order valence-electron chi connectivity index (χ3n) is 5.59. The standard InChI is InChI=1S/C26H25NO5/c1-4-32-21(28)14-16-9-11-17(12-10-16)27-25(30)22-20(13-15(2)3)18-7-5-6-8-19(18)24(29)23(22)26(27)31/h5-12,15,29H,4,13-14H2,1-3H3. The quantitative estimate of drug-likeness (QED) is 0.454. The van der Waals surface area contributed by atoms with Crippen LogP contribution in [-0.4, -0.2) is 29.5 Å². The first-order valence-corrected chi connectivity index (χ1v) is 10.7. The maximum absolute atomic E-state index is 13.5. The normalized spacial score (nSPS) is 13.2. The molecule has 3 aromatic rings. The summed E-state index contributed by atoms with van der Waals surface area (Å²) in [5.74, 6) is -1.23. The molecule has 6 heteroatoms. The first-order chi connectivity index (χ1) is 15.3. The summed E-state index contributed by atoms with van der Waals surface area (Å²) >= 11 is 0. The Morgan fingerprint density at radius 2 is 1.59 bits per heavy atom. The number of amides is 2. The SMILES string of the molecule is CCOC(=O)Cc1ccc(N2C(=O)c3c(c(CC(C)C)c4ccccc4c3O)C2=O)cc1. The molecule has 3 aromatic carbocycles. The maximum Gasteiger partial charge on any atom is 0.310 e. The van der Waals surface area contributed by atoms with Crippen molar-refractivity contribution in [2.45, 2.75) is 33.6 Å². The van der Waals surface area contributed by atoms with Crippen molar-refractivity contribution in [1.29, 1.82) is 0 Å². The summed E-state index contributed by atoms with van der Waals surface area (Å²) in [6.45, 7) is 6.16. The topological polar surface area (TPSA) is 83.9 Å². The van der Waals surface area contributed by atoms with Crippen molar-refractivity contribution in [2.75, 3.05) is 11.5 Å². The van der Waals surface area contributed by atoms with Crippen molar-refractivity contribution in [3.8, 4) is 5.75 Å². The maximum atomic E-state index is 13.5. The highest BCUT2D eigenvalue weighted by molar-refractivity contribution is 6.37. The van der Waals surface area contributed by atoms with Crippen molar-refractivity contribution in [1.82, 2.24) is 0 Å². The van der Waals surface area contributed by atoms with E-state index in [1.165, 1.54) is 0 Å². The minimum absolute atomic E-state index is 0.0555. The van der Waals surface area contributed by atoms with E-state index >= 15 is 0 Å². The van der Waals surface area contributed by atoms with Gasteiger partial charge in [-0.05, 0) is 47.9 Å². The van der Waals surface area contributed by atoms with Gasteiger partial charge in [-0.25, -0.2) is 4.90 Å². The zero-order valence-corrected chi connectivity index (χ0v) is 18.3. The number of hydrogen-bond acceptors (Lipinski definition) is 5. The van der Waals surface area contributed by atoms with E-state index < -0.39 is 11.8 Å². The molecule has 0 unspecified atom stereocenters. The number of hydrogen-bond donors (Lipinski definition) is 1. The zero-order valence-electron chi connectivity index (χ0n) is 18.3. The van der Waals surface area contributed by atoms with E-state index in [1.807, 2.05) is 12.1 Å². The molecule has 0 atom stereocenters. The number of esters is 1. The number of ether oxygens (including phenoxy) is 1. The van der Waals surface area contributed by atoms with E-state index in [0.717, 1.165) is 21.4 Å². The molecule has 32 heavy (non-hydrogen) atoms. The Balaban J connectivity index is 1.78. The van der Waals surface area contributed by atoms with Crippen LogP contribution < -0.4 is 4.90 Å². The van der Waals surface area contributed by atoms with Crippen LogP contribution in [0.4, 0.5) is 5.69 Å². The van der Waals surface area contributed by atoms with Gasteiger partial charge in [0.1, 0.15) is 5.75 Å². The fourth-order valence-corrected chi connectivity index (χ4v) is 4.25. The number of phenols is 1. The molecule has 0 bridgehead atoms. The Morgan fingerprint density at radius 1 is 0.969 bits per heavy atom. The molecule has 0 saturated carbocycles. The fraction of sp³-hybridized carbons (Fsp3) is 0.269. The molecular formula is C26H25NO5. The summed E-state index contributed by atoms with van der Waals surface area (Å²) in [6, 6.07) is 14.0. The number of benzene rings is 3. The van der Waals surface area contributed by atoms with Crippen molar-refractivity contribution >= 4 is 34.2 Å². The van der Waals surface area contributed by atoms with Gasteiger partial charge < -0.3 is 9.84 Å². The van der Waals surface area contributed by atoms with Crippen molar-refractivity contribution in [3.05, 3.63) is 70.8 Å². The Morgan fingerprint density at radius 3 is 2.22 bits per heavy atom. The monoisotopic (exact) mass is 431 g/mol. The van der Waals surface area contributed by atoms with Crippen LogP contribution in [0, 0.1) is 5.92 Å². The van der Waals surface area contributed by atoms with Gasteiger partial charge in [-0.3, -0.25) is 14.4 Å². The van der Waals surface area contributed by atoms with Gasteiger partial charge >= 0.3 is 5.97 Å². The van der Waals surface area contributed by atoms with Crippen LogP contribution in [0.3, 0.4) is 0 Å². The average molecular weight is 431 g/mol. The van der Waals surface area contributed by atoms with Crippen molar-refractivity contribution in [3.63, 3.8) is 0 Å². The number of carbonyl (C=O) groups excluding carboxylic acids is 3. The van der Waals surface area contributed by atoms with Gasteiger partial charge in [0.2, 0.25) is 0 Å². The van der Waals surface area contributed by atoms with E-state index in [1.54, 1.807) is 43.3 Å². The molecule has 0 spiro atoms. The number of nitrogens with zero attached hydrogens (tertiary/aromatic N) is 1. The minimum atomic E-state index is -0.545. The molecule has 1 N–H and O–H groups in total. The molecule has 164 valence electrons. The molecule has 0 fully saturated rings. The number of anilines is 1. The molecule has 1 aliphatic rings. The van der Waals surface area contributed by atoms with Gasteiger partial charge in [-0.2, -0.15) is 0 Å². The average Bonchev–Trinajstić information content (AvgIpc) is 3.02. The second kappa shape index (κ2) is 8.46. The molecule has 0 aromatic heterocycles. The van der Waals surface area contributed by atoms with Gasteiger partial charge in [0.05, 0.1) is 29.8 Å². The lowest BCUT2D eigenvalue weighted by atomic mass is 9.89. The molecular weight excluding hydrogens is 406 g/mol. The molecule has 6 nitrogen and oxygen atoms in total. The third kappa shape index (κ3) is 3.62. The highest BCUT2D eigenvalue weighted by Crippen LogP contribution is 2.42. The van der Waals surface area contributed by atoms with E-state index in [4.69, 9.17) is 4.74 Å². The summed E-state index contributed by atoms with van der Waals surface area (Å²) < 4.78 is 4.96. The van der Waals surface area contributed by atoms with Crippen LogP contribution in [0.5, 0.6) is 5.75 Å². The predicted molar refractivity (Wildman–Crippen MR) is 122 cm³/mol. The largest absolute Gasteiger partial charge is 0.506 e. The van der Waals surface area contributed by atoms with E-state index in [9.17, 15) is 19.5 Å². The summed E-state index contributed by atoms with van der Waals surface area (Å²) in [7, 11) is 0. The highest BCUT2D eigenvalue weighted by Gasteiger charge is 2.42. The van der Waals surface area contributed by atoms with Gasteiger partial charge in [0.25, 0.3) is 11.8 Å². The van der Waals surface area contributed by atoms with Crippen LogP contribution >= 0.6 is 0 Å². The van der Waals surface area contributed by atoms with Gasteiger partial charge in [0, 0.05) is 5.39 Å². The number of fused-ring (bicyclic) bond motifs is 2. The fourth-order valence-electron chi connectivity index (χ4n) is 4.25. The van der Waals surface area contributed by atoms with Crippen LogP contribution in [0.1, 0.15) is 52.6 Å². The highest BCUT2D eigenvalue weighted by atomic mass is 16.5. The van der Waals surface area contributed by atoms with E-state index in [-0.39, 0.29) is 35.2 Å². The summed E-state index contributed by atoms with van der Waals surface area (Å²) in [5.41, 5.74) is 2.22. The molecule has 2 amide bonds. The van der Waals surface area contributed by atoms with Crippen LogP contribution in [0.15, 0.2) is 48.5 Å². The van der Waals surface area contributed by atoms with Crippen LogP contribution in [-0.2, 0) is 22.4 Å². The molecule has 1 aliphatic heterocycles. The zero-order chi connectivity index (χ0) is 23.0. The predicted octanol–water partition coefficient (Wildman–Crippen LogP) is 4.65. The number of imide groups is 1. The Bertz CT molecular complexity index is 1230. The number of carbonyl (C=O) groups is 3. The number of phenolic OH excluding ortho intramolecular Hbond substituents is 1. The second-order valence-corrected chi connectivity index (χ2v) is 8.31. The molecule has 0 radical (unpaired) electrons. The van der Waals surface area contributed by atoms with E-state index in [2.05, 4.69) is 13.8 Å². The summed E-state index contributed by atoms with van der Waals surface area (Å²) in [5, 5.41) is 12.3.